The van der Waals surface area contributed by atoms with Crippen LogP contribution in [0.5, 0.6) is 0 Å². The van der Waals surface area contributed by atoms with E-state index in [0.717, 1.165) is 0 Å². The van der Waals surface area contributed by atoms with Crippen LogP contribution >= 0.6 is 0 Å². The molecule has 0 radical (unpaired) electrons. The molecule has 0 aromatic heterocycles. The fourth-order valence-electron chi connectivity index (χ4n) is 2.18. The highest BCUT2D eigenvalue weighted by molar-refractivity contribution is 4.81. The molecule has 106 valence electrons. The smallest absolute Gasteiger partial charge is 0.0351 e. The Balaban J connectivity index is 3.01. The third kappa shape index (κ3) is 15.5. The van der Waals surface area contributed by atoms with Crippen molar-refractivity contribution in [2.24, 2.45) is 0 Å². The van der Waals surface area contributed by atoms with Crippen molar-refractivity contribution in [2.45, 2.75) is 90.4 Å². The number of unbranched alkanes of at least 4 members (excludes halogenated alkanes) is 11. The van der Waals surface area contributed by atoms with Crippen LogP contribution < -0.4 is 0 Å². The van der Waals surface area contributed by atoms with Gasteiger partial charge in [-0.05, 0) is 38.5 Å². The molecular weight excluding hydrogens is 216 g/mol. The van der Waals surface area contributed by atoms with E-state index in [0.29, 0.717) is 0 Å². The van der Waals surface area contributed by atoms with Crippen LogP contribution in [-0.2, 0) is 0 Å². The Hall–Kier alpha value is -0.520. The Morgan fingerprint density at radius 2 is 1.06 bits per heavy atom. The van der Waals surface area contributed by atoms with E-state index in [1.807, 2.05) is 6.08 Å². The van der Waals surface area contributed by atoms with Gasteiger partial charge in [-0.15, -0.1) is 6.58 Å². The molecule has 0 N–H and O–H groups in total. The van der Waals surface area contributed by atoms with Gasteiger partial charge in [0.2, 0.25) is 0 Å². The van der Waals surface area contributed by atoms with Crippen LogP contribution in [0.4, 0.5) is 0 Å². The highest BCUT2D eigenvalue weighted by Gasteiger charge is 1.90. The summed E-state index contributed by atoms with van der Waals surface area (Å²) in [6, 6.07) is 0. The number of allylic oxidation sites excluding steroid dienone is 3. The maximum absolute atomic E-state index is 3.74. The van der Waals surface area contributed by atoms with Crippen molar-refractivity contribution in [1.29, 1.82) is 0 Å². The van der Waals surface area contributed by atoms with Crippen LogP contribution in [0.2, 0.25) is 0 Å². The molecule has 0 saturated heterocycles. The van der Waals surface area contributed by atoms with Gasteiger partial charge >= 0.3 is 0 Å². The Bertz CT molecular complexity index is 178. The summed E-state index contributed by atoms with van der Waals surface area (Å²) < 4.78 is 0. The second kappa shape index (κ2) is 16.5. The summed E-state index contributed by atoms with van der Waals surface area (Å²) in [6.45, 7) is 6.02. The summed E-state index contributed by atoms with van der Waals surface area (Å²) >= 11 is 0. The van der Waals surface area contributed by atoms with Gasteiger partial charge < -0.3 is 0 Å². The van der Waals surface area contributed by atoms with E-state index in [1.165, 1.54) is 83.5 Å². The summed E-state index contributed by atoms with van der Waals surface area (Å²) in [5.74, 6) is 0. The molecule has 0 bridgehead atoms. The lowest BCUT2D eigenvalue weighted by molar-refractivity contribution is 0.577. The number of rotatable bonds is 14. The van der Waals surface area contributed by atoms with Gasteiger partial charge in [-0.25, -0.2) is 0 Å². The first-order valence-electron chi connectivity index (χ1n) is 8.17. The Kier molecular flexibility index (Phi) is 16.0. The normalized spacial score (nSPS) is 11.2. The van der Waals surface area contributed by atoms with Gasteiger partial charge in [-0.2, -0.15) is 0 Å². The molecule has 0 aliphatic heterocycles. The summed E-state index contributed by atoms with van der Waals surface area (Å²) in [6.07, 6.45) is 24.5. The van der Waals surface area contributed by atoms with Crippen molar-refractivity contribution < 1.29 is 0 Å². The summed E-state index contributed by atoms with van der Waals surface area (Å²) in [4.78, 5) is 0. The minimum absolute atomic E-state index is 1.17. The largest absolute Gasteiger partial charge is 0.103 e. The van der Waals surface area contributed by atoms with E-state index in [1.54, 1.807) is 0 Å². The minimum Gasteiger partial charge on any atom is -0.103 e. The van der Waals surface area contributed by atoms with Crippen molar-refractivity contribution in [1.82, 2.24) is 0 Å². The lowest BCUT2D eigenvalue weighted by atomic mass is 10.1. The van der Waals surface area contributed by atoms with Crippen molar-refractivity contribution in [2.75, 3.05) is 0 Å². The molecule has 18 heavy (non-hydrogen) atoms. The molecular formula is C18H34. The van der Waals surface area contributed by atoms with Gasteiger partial charge in [0.05, 0.1) is 0 Å². The predicted octanol–water partition coefficient (Wildman–Crippen LogP) is 6.82. The average Bonchev–Trinajstić information content (AvgIpc) is 2.39. The van der Waals surface area contributed by atoms with Gasteiger partial charge in [-0.3, -0.25) is 0 Å². The highest BCUT2D eigenvalue weighted by Crippen LogP contribution is 2.10. The van der Waals surface area contributed by atoms with Crippen molar-refractivity contribution in [3.63, 3.8) is 0 Å². The molecule has 0 amide bonds. The third-order valence-corrected chi connectivity index (χ3v) is 3.42. The summed E-state index contributed by atoms with van der Waals surface area (Å²) in [7, 11) is 0. The molecule has 0 nitrogen and oxygen atoms in total. The summed E-state index contributed by atoms with van der Waals surface area (Å²) in [5.41, 5.74) is 0. The first kappa shape index (κ1) is 17.5. The van der Waals surface area contributed by atoms with E-state index in [9.17, 15) is 0 Å². The minimum atomic E-state index is 1.17. The van der Waals surface area contributed by atoms with Crippen LogP contribution in [0.1, 0.15) is 90.4 Å². The van der Waals surface area contributed by atoms with Crippen LogP contribution in [0.25, 0.3) is 0 Å². The second-order valence-corrected chi connectivity index (χ2v) is 5.31. The van der Waals surface area contributed by atoms with Crippen LogP contribution in [0.3, 0.4) is 0 Å². The van der Waals surface area contributed by atoms with E-state index in [-0.39, 0.29) is 0 Å². The van der Waals surface area contributed by atoms with E-state index >= 15 is 0 Å². The molecule has 0 saturated carbocycles. The maximum Gasteiger partial charge on any atom is -0.0351 e. The van der Waals surface area contributed by atoms with Gasteiger partial charge in [0.1, 0.15) is 0 Å². The molecule has 0 unspecified atom stereocenters. The lowest BCUT2D eigenvalue weighted by Gasteiger charge is -1.99. The number of hydrogen-bond acceptors (Lipinski definition) is 0. The first-order chi connectivity index (χ1) is 8.91. The third-order valence-electron chi connectivity index (χ3n) is 3.42. The molecule has 0 fully saturated rings. The second-order valence-electron chi connectivity index (χ2n) is 5.31. The monoisotopic (exact) mass is 250 g/mol. The fourth-order valence-corrected chi connectivity index (χ4v) is 2.18. The molecule has 0 heteroatoms. The first-order valence-corrected chi connectivity index (χ1v) is 8.17. The lowest BCUT2D eigenvalue weighted by Crippen LogP contribution is -1.80. The fraction of sp³-hybridized carbons (Fsp3) is 0.778. The zero-order chi connectivity index (χ0) is 13.3. The molecule has 0 aromatic carbocycles. The van der Waals surface area contributed by atoms with Crippen molar-refractivity contribution in [3.05, 3.63) is 24.8 Å². The average molecular weight is 250 g/mol. The molecule has 0 spiro atoms. The van der Waals surface area contributed by atoms with Gasteiger partial charge in [-0.1, -0.05) is 70.1 Å². The SMILES string of the molecule is C=CCCCC/C=C\CCCCCCCCCC. The van der Waals surface area contributed by atoms with Crippen LogP contribution in [0.15, 0.2) is 24.8 Å². The van der Waals surface area contributed by atoms with Crippen LogP contribution in [0, 0.1) is 0 Å². The van der Waals surface area contributed by atoms with Gasteiger partial charge in [0, 0.05) is 0 Å². The van der Waals surface area contributed by atoms with Crippen molar-refractivity contribution >= 4 is 0 Å². The molecule has 0 aliphatic rings. The Morgan fingerprint density at radius 1 is 0.611 bits per heavy atom. The maximum atomic E-state index is 3.74. The van der Waals surface area contributed by atoms with Gasteiger partial charge in [0.15, 0.2) is 0 Å². The molecule has 0 rings (SSSR count). The van der Waals surface area contributed by atoms with E-state index in [2.05, 4.69) is 25.7 Å². The Labute approximate surface area is 116 Å². The number of hydrogen-bond donors (Lipinski definition) is 0. The van der Waals surface area contributed by atoms with Crippen molar-refractivity contribution in [3.8, 4) is 0 Å². The molecule has 0 atom stereocenters. The zero-order valence-electron chi connectivity index (χ0n) is 12.6. The highest BCUT2D eigenvalue weighted by atomic mass is 14.0. The Morgan fingerprint density at radius 3 is 1.61 bits per heavy atom. The van der Waals surface area contributed by atoms with E-state index in [4.69, 9.17) is 0 Å². The molecule has 0 aromatic rings. The predicted molar refractivity (Wildman–Crippen MR) is 85.0 cm³/mol. The van der Waals surface area contributed by atoms with Crippen LogP contribution in [-0.4, -0.2) is 0 Å². The van der Waals surface area contributed by atoms with Gasteiger partial charge in [0.25, 0.3) is 0 Å². The van der Waals surface area contributed by atoms with E-state index < -0.39 is 0 Å². The zero-order valence-corrected chi connectivity index (χ0v) is 12.6. The quantitative estimate of drug-likeness (QED) is 0.234. The standard InChI is InChI=1S/C18H34/c1-3-5-7-9-11-13-15-17-18-16-14-12-10-8-6-4-2/h3,13,15H,1,4-12,14,16-18H2,2H3/b15-13-. The topological polar surface area (TPSA) is 0 Å². The summed E-state index contributed by atoms with van der Waals surface area (Å²) in [5, 5.41) is 0. The molecule has 0 aliphatic carbocycles. The molecule has 0 heterocycles.